The number of nitro benzene ring substituents is 1. The Morgan fingerprint density at radius 1 is 1.10 bits per heavy atom. The van der Waals surface area contributed by atoms with E-state index in [1.165, 1.54) is 30.9 Å². The fourth-order valence-electron chi connectivity index (χ4n) is 7.49. The van der Waals surface area contributed by atoms with Crippen molar-refractivity contribution in [2.24, 2.45) is 33.7 Å². The molecule has 6 heteroatoms. The molecule has 0 aliphatic heterocycles. The second-order valence-corrected chi connectivity index (χ2v) is 10.6. The molecule has 0 radical (unpaired) electrons. The number of hydrogen-bond donors (Lipinski definition) is 2. The summed E-state index contributed by atoms with van der Waals surface area (Å²) in [5, 5.41) is 26.4. The highest BCUT2D eigenvalue weighted by molar-refractivity contribution is 5.97. The quantitative estimate of drug-likeness (QED) is 0.483. The number of nitrogens with one attached hydrogen (secondary N) is 1. The van der Waals surface area contributed by atoms with Gasteiger partial charge in [0.25, 0.3) is 5.69 Å². The van der Waals surface area contributed by atoms with Crippen molar-refractivity contribution < 1.29 is 10.0 Å². The number of hydrazone groups is 1. The highest BCUT2D eigenvalue weighted by Crippen LogP contribution is 2.65. The fourth-order valence-corrected chi connectivity index (χ4v) is 7.49. The lowest BCUT2D eigenvalue weighted by molar-refractivity contribution is -0.384. The molecule has 6 nitrogen and oxygen atoms in total. The highest BCUT2D eigenvalue weighted by Gasteiger charge is 2.58. The van der Waals surface area contributed by atoms with Crippen molar-refractivity contribution in [3.63, 3.8) is 0 Å². The molecule has 2 N–H and O–H groups in total. The number of nitrogens with zero attached hydrogens (tertiary/aromatic N) is 2. The first-order chi connectivity index (χ1) is 14.8. The van der Waals surface area contributed by atoms with Gasteiger partial charge in [0.1, 0.15) is 5.69 Å². The summed E-state index contributed by atoms with van der Waals surface area (Å²) in [6, 6.07) is 6.64. The maximum absolute atomic E-state index is 11.2. The Morgan fingerprint density at radius 3 is 2.71 bits per heavy atom. The Balaban J connectivity index is 1.37. The molecule has 0 spiro atoms. The van der Waals surface area contributed by atoms with Gasteiger partial charge in [0, 0.05) is 6.07 Å². The molecule has 1 aromatic rings. The fraction of sp³-hybridized carbons (Fsp3) is 0.640. The average molecular weight is 424 g/mol. The van der Waals surface area contributed by atoms with Crippen molar-refractivity contribution in [2.45, 2.75) is 71.3 Å². The number of benzene rings is 1. The lowest BCUT2D eigenvalue weighted by Gasteiger charge is -2.57. The summed E-state index contributed by atoms with van der Waals surface area (Å²) in [5.41, 5.74) is 6.25. The van der Waals surface area contributed by atoms with Gasteiger partial charge in [0.05, 0.1) is 16.7 Å². The van der Waals surface area contributed by atoms with E-state index in [9.17, 15) is 15.2 Å². The van der Waals surface area contributed by atoms with Crippen LogP contribution >= 0.6 is 0 Å². The van der Waals surface area contributed by atoms with E-state index in [4.69, 9.17) is 0 Å². The summed E-state index contributed by atoms with van der Waals surface area (Å²) >= 11 is 0. The topological polar surface area (TPSA) is 87.8 Å². The van der Waals surface area contributed by atoms with Crippen molar-refractivity contribution in [3.05, 3.63) is 46.0 Å². The summed E-state index contributed by atoms with van der Waals surface area (Å²) in [7, 11) is 0. The van der Waals surface area contributed by atoms with Crippen LogP contribution in [0.15, 0.2) is 41.0 Å². The van der Waals surface area contributed by atoms with Crippen LogP contribution in [0.5, 0.6) is 0 Å². The monoisotopic (exact) mass is 423 g/mol. The first-order valence-electron chi connectivity index (χ1n) is 11.8. The molecule has 0 aromatic heterocycles. The lowest BCUT2D eigenvalue weighted by atomic mass is 9.47. The van der Waals surface area contributed by atoms with Gasteiger partial charge in [-0.2, -0.15) is 5.10 Å². The van der Waals surface area contributed by atoms with E-state index in [1.807, 2.05) is 0 Å². The maximum Gasteiger partial charge on any atom is 0.294 e. The second kappa shape index (κ2) is 7.44. The summed E-state index contributed by atoms with van der Waals surface area (Å²) in [6.07, 6.45) is 10.9. The van der Waals surface area contributed by atoms with Crippen molar-refractivity contribution in [1.29, 1.82) is 0 Å². The summed E-state index contributed by atoms with van der Waals surface area (Å²) < 4.78 is 0. The van der Waals surface area contributed by atoms with Crippen molar-refractivity contribution >= 4 is 17.1 Å². The van der Waals surface area contributed by atoms with Crippen LogP contribution in [0.2, 0.25) is 0 Å². The first-order valence-corrected chi connectivity index (χ1v) is 11.8. The van der Waals surface area contributed by atoms with Gasteiger partial charge in [-0.1, -0.05) is 31.6 Å². The number of fused-ring (bicyclic) bond motifs is 5. The summed E-state index contributed by atoms with van der Waals surface area (Å²) in [5.74, 6) is 2.08. The normalized spacial score (nSPS) is 40.5. The van der Waals surface area contributed by atoms with Crippen LogP contribution in [0.25, 0.3) is 0 Å². The number of aliphatic hydroxyl groups excluding tert-OH is 1. The van der Waals surface area contributed by atoms with Crippen LogP contribution in [-0.2, 0) is 0 Å². The van der Waals surface area contributed by atoms with Crippen molar-refractivity contribution in [3.8, 4) is 0 Å². The molecular formula is C25H33N3O3. The Hall–Kier alpha value is -2.21. The van der Waals surface area contributed by atoms with Crippen molar-refractivity contribution in [2.75, 3.05) is 5.43 Å². The van der Waals surface area contributed by atoms with Crippen LogP contribution in [0.1, 0.15) is 65.2 Å². The van der Waals surface area contributed by atoms with Crippen LogP contribution in [-0.4, -0.2) is 21.8 Å². The van der Waals surface area contributed by atoms with E-state index in [-0.39, 0.29) is 27.5 Å². The Morgan fingerprint density at radius 2 is 1.90 bits per heavy atom. The van der Waals surface area contributed by atoms with Gasteiger partial charge >= 0.3 is 0 Å². The molecule has 0 heterocycles. The Labute approximate surface area is 184 Å². The third kappa shape index (κ3) is 3.22. The first kappa shape index (κ1) is 20.7. The van der Waals surface area contributed by atoms with E-state index >= 15 is 0 Å². The Bertz CT molecular complexity index is 957. The highest BCUT2D eigenvalue weighted by atomic mass is 16.6. The lowest BCUT2D eigenvalue weighted by Crippen LogP contribution is -2.51. The molecule has 0 amide bonds. The van der Waals surface area contributed by atoms with Crippen LogP contribution in [0, 0.1) is 38.7 Å². The van der Waals surface area contributed by atoms with Gasteiger partial charge in [0.15, 0.2) is 0 Å². The number of para-hydroxylation sites is 2. The van der Waals surface area contributed by atoms with Gasteiger partial charge < -0.3 is 5.11 Å². The molecule has 4 aliphatic carbocycles. The van der Waals surface area contributed by atoms with Gasteiger partial charge in [-0.05, 0) is 92.1 Å². The predicted octanol–water partition coefficient (Wildman–Crippen LogP) is 5.69. The third-order valence-electron chi connectivity index (χ3n) is 9.35. The minimum absolute atomic E-state index is 0.0460. The van der Waals surface area contributed by atoms with Crippen molar-refractivity contribution in [1.82, 2.24) is 0 Å². The Kier molecular flexibility index (Phi) is 4.96. The van der Waals surface area contributed by atoms with E-state index in [0.29, 0.717) is 17.5 Å². The molecule has 1 aromatic carbocycles. The molecule has 31 heavy (non-hydrogen) atoms. The predicted molar refractivity (Wildman–Crippen MR) is 122 cm³/mol. The van der Waals surface area contributed by atoms with Gasteiger partial charge in [-0.15, -0.1) is 0 Å². The largest absolute Gasteiger partial charge is 0.393 e. The molecule has 5 rings (SSSR count). The number of hydrogen-bond acceptors (Lipinski definition) is 5. The average Bonchev–Trinajstić information content (AvgIpc) is 3.07. The molecule has 166 valence electrons. The molecule has 3 saturated carbocycles. The zero-order valence-electron chi connectivity index (χ0n) is 18.5. The minimum atomic E-state index is -0.378. The third-order valence-corrected chi connectivity index (χ3v) is 9.35. The van der Waals surface area contributed by atoms with E-state index in [1.54, 1.807) is 18.2 Å². The number of rotatable bonds is 3. The second-order valence-electron chi connectivity index (χ2n) is 10.6. The minimum Gasteiger partial charge on any atom is -0.393 e. The SMILES string of the molecule is CC12CCC(=NNc3ccccc3[N+](=O)[O-])C=C1CCC1C2CCC2(C)C(O)CCC12. The van der Waals surface area contributed by atoms with E-state index < -0.39 is 0 Å². The molecular weight excluding hydrogens is 390 g/mol. The molecule has 0 saturated heterocycles. The molecule has 6 atom stereocenters. The molecule has 4 aliphatic rings. The van der Waals surface area contributed by atoms with Crippen LogP contribution in [0.4, 0.5) is 11.4 Å². The van der Waals surface area contributed by atoms with Crippen LogP contribution < -0.4 is 5.43 Å². The number of allylic oxidation sites excluding steroid dienone is 2. The van der Waals surface area contributed by atoms with Gasteiger partial charge in [0.2, 0.25) is 0 Å². The van der Waals surface area contributed by atoms with E-state index in [0.717, 1.165) is 43.7 Å². The van der Waals surface area contributed by atoms with Gasteiger partial charge in [-0.25, -0.2) is 0 Å². The number of anilines is 1. The summed E-state index contributed by atoms with van der Waals surface area (Å²) in [6.45, 7) is 4.79. The van der Waals surface area contributed by atoms with E-state index in [2.05, 4.69) is 30.5 Å². The zero-order chi connectivity index (χ0) is 21.8. The van der Waals surface area contributed by atoms with Crippen LogP contribution in [0.3, 0.4) is 0 Å². The molecule has 3 fully saturated rings. The smallest absolute Gasteiger partial charge is 0.294 e. The molecule has 6 unspecified atom stereocenters. The van der Waals surface area contributed by atoms with Gasteiger partial charge in [-0.3, -0.25) is 15.5 Å². The zero-order valence-corrected chi connectivity index (χ0v) is 18.5. The molecule has 0 bridgehead atoms. The summed E-state index contributed by atoms with van der Waals surface area (Å²) in [4.78, 5) is 10.9. The standard InChI is InChI=1S/C25H33N3O3/c1-24-13-11-17(26-27-21-5-3-4-6-22(21)28(30)31)15-16(24)7-8-18-19-9-10-23(29)25(19,2)14-12-20(18)24/h3-6,15,18-20,23,27,29H,7-14H2,1-2H3. The maximum atomic E-state index is 11.2. The number of nitro groups is 1. The number of aliphatic hydroxyl groups is 1.